The van der Waals surface area contributed by atoms with E-state index in [0.717, 1.165) is 5.56 Å². The van der Waals surface area contributed by atoms with Gasteiger partial charge in [-0.25, -0.2) is 0 Å². The molecule has 2 aromatic rings. The van der Waals surface area contributed by atoms with Crippen LogP contribution in [0.25, 0.3) is 11.4 Å². The molecule has 0 bridgehead atoms. The van der Waals surface area contributed by atoms with Crippen LogP contribution in [0.3, 0.4) is 0 Å². The highest BCUT2D eigenvalue weighted by Crippen LogP contribution is 2.31. The van der Waals surface area contributed by atoms with Gasteiger partial charge in [-0.1, -0.05) is 38.1 Å². The van der Waals surface area contributed by atoms with E-state index in [2.05, 4.69) is 56.9 Å². The lowest BCUT2D eigenvalue weighted by Gasteiger charge is -2.21. The van der Waals surface area contributed by atoms with Crippen molar-refractivity contribution in [3.8, 4) is 11.4 Å². The van der Waals surface area contributed by atoms with E-state index in [4.69, 9.17) is 10.3 Å². The number of aromatic nitrogens is 2. The molecule has 4 nitrogen and oxygen atoms in total. The minimum atomic E-state index is 0.135. The van der Waals surface area contributed by atoms with Crippen LogP contribution in [0.5, 0.6) is 0 Å². The van der Waals surface area contributed by atoms with Gasteiger partial charge in [0.25, 0.3) is 0 Å². The molecule has 1 aromatic heterocycles. The van der Waals surface area contributed by atoms with Gasteiger partial charge in [0.1, 0.15) is 0 Å². The van der Waals surface area contributed by atoms with Crippen LogP contribution in [0.2, 0.25) is 0 Å². The van der Waals surface area contributed by atoms with Gasteiger partial charge in [-0.3, -0.25) is 0 Å². The maximum absolute atomic E-state index is 5.51. The fourth-order valence-electron chi connectivity index (χ4n) is 2.33. The van der Waals surface area contributed by atoms with Crippen LogP contribution in [0, 0.1) is 13.8 Å². The van der Waals surface area contributed by atoms with E-state index in [0.29, 0.717) is 24.7 Å². The van der Waals surface area contributed by atoms with Crippen LogP contribution in [-0.4, -0.2) is 16.7 Å². The summed E-state index contributed by atoms with van der Waals surface area (Å²) in [6.07, 6.45) is 0.616. The van der Waals surface area contributed by atoms with Crippen molar-refractivity contribution in [3.05, 3.63) is 34.7 Å². The minimum Gasteiger partial charge on any atom is -0.339 e. The van der Waals surface area contributed by atoms with Crippen molar-refractivity contribution in [3.63, 3.8) is 0 Å². The first-order valence-corrected chi connectivity index (χ1v) is 6.97. The normalized spacial score (nSPS) is 11.9. The molecule has 1 aromatic carbocycles. The molecule has 0 unspecified atom stereocenters. The first kappa shape index (κ1) is 14.7. The Morgan fingerprint density at radius 2 is 1.75 bits per heavy atom. The molecule has 0 saturated carbocycles. The largest absolute Gasteiger partial charge is 0.339 e. The molecule has 0 saturated heterocycles. The fraction of sp³-hybridized carbons (Fsp3) is 0.500. The molecular formula is C16H23N3O. The Hall–Kier alpha value is -1.68. The third-order valence-electron chi connectivity index (χ3n) is 3.45. The second kappa shape index (κ2) is 5.37. The number of nitrogens with zero attached hydrogens (tertiary/aromatic N) is 2. The first-order chi connectivity index (χ1) is 9.32. The van der Waals surface area contributed by atoms with Gasteiger partial charge >= 0.3 is 0 Å². The molecule has 0 aliphatic carbocycles. The Bertz CT molecular complexity index is 585. The molecular weight excluding hydrogens is 250 g/mol. The highest BCUT2D eigenvalue weighted by Gasteiger charge is 2.19. The molecule has 0 atom stereocenters. The zero-order valence-electron chi connectivity index (χ0n) is 12.9. The summed E-state index contributed by atoms with van der Waals surface area (Å²) in [5.74, 6) is 1.25. The molecule has 2 rings (SSSR count). The number of aryl methyl sites for hydroxylation is 2. The predicted octanol–water partition coefficient (Wildman–Crippen LogP) is 3.15. The molecule has 0 aliphatic rings. The molecule has 1 heterocycles. The minimum absolute atomic E-state index is 0.135. The van der Waals surface area contributed by atoms with E-state index in [1.54, 1.807) is 0 Å². The van der Waals surface area contributed by atoms with Crippen molar-refractivity contribution >= 4 is 0 Å². The van der Waals surface area contributed by atoms with Crippen LogP contribution in [-0.2, 0) is 11.8 Å². The summed E-state index contributed by atoms with van der Waals surface area (Å²) in [7, 11) is 0. The van der Waals surface area contributed by atoms with Crippen molar-refractivity contribution in [1.82, 2.24) is 10.1 Å². The molecule has 2 N–H and O–H groups in total. The molecule has 108 valence electrons. The van der Waals surface area contributed by atoms with Crippen molar-refractivity contribution in [2.75, 3.05) is 6.54 Å². The second-order valence-electron chi connectivity index (χ2n) is 6.29. The monoisotopic (exact) mass is 273 g/mol. The molecule has 0 aliphatic heterocycles. The number of hydrogen-bond donors (Lipinski definition) is 1. The lowest BCUT2D eigenvalue weighted by atomic mass is 9.83. The average Bonchev–Trinajstić information content (AvgIpc) is 2.76. The quantitative estimate of drug-likeness (QED) is 0.933. The zero-order valence-corrected chi connectivity index (χ0v) is 12.9. The summed E-state index contributed by atoms with van der Waals surface area (Å²) >= 11 is 0. The van der Waals surface area contributed by atoms with Crippen molar-refractivity contribution in [2.45, 2.75) is 46.5 Å². The second-order valence-corrected chi connectivity index (χ2v) is 6.29. The predicted molar refractivity (Wildman–Crippen MR) is 80.7 cm³/mol. The maximum atomic E-state index is 5.51. The first-order valence-electron chi connectivity index (χ1n) is 6.97. The highest BCUT2D eigenvalue weighted by atomic mass is 16.5. The average molecular weight is 273 g/mol. The topological polar surface area (TPSA) is 64.9 Å². The summed E-state index contributed by atoms with van der Waals surface area (Å²) in [5.41, 5.74) is 10.4. The van der Waals surface area contributed by atoms with Gasteiger partial charge < -0.3 is 10.3 Å². The molecule has 0 spiro atoms. The number of hydrogen-bond acceptors (Lipinski definition) is 4. The summed E-state index contributed by atoms with van der Waals surface area (Å²) in [6, 6.07) is 4.42. The van der Waals surface area contributed by atoms with Crippen molar-refractivity contribution in [2.24, 2.45) is 5.73 Å². The van der Waals surface area contributed by atoms with Crippen molar-refractivity contribution in [1.29, 1.82) is 0 Å². The van der Waals surface area contributed by atoms with Gasteiger partial charge in [0.2, 0.25) is 11.7 Å². The fourth-order valence-corrected chi connectivity index (χ4v) is 2.33. The van der Waals surface area contributed by atoms with Crippen LogP contribution < -0.4 is 5.73 Å². The van der Waals surface area contributed by atoms with E-state index in [1.807, 2.05) is 0 Å². The summed E-state index contributed by atoms with van der Waals surface area (Å²) < 4.78 is 5.23. The van der Waals surface area contributed by atoms with E-state index < -0.39 is 0 Å². The molecule has 20 heavy (non-hydrogen) atoms. The van der Waals surface area contributed by atoms with Crippen LogP contribution in [0.4, 0.5) is 0 Å². The Morgan fingerprint density at radius 1 is 1.15 bits per heavy atom. The van der Waals surface area contributed by atoms with Gasteiger partial charge in [-0.05, 0) is 36.0 Å². The lowest BCUT2D eigenvalue weighted by molar-refractivity contribution is 0.380. The Balaban J connectivity index is 2.46. The lowest BCUT2D eigenvalue weighted by Crippen LogP contribution is -2.12. The van der Waals surface area contributed by atoms with E-state index in [1.165, 1.54) is 16.7 Å². The number of benzene rings is 1. The van der Waals surface area contributed by atoms with Crippen molar-refractivity contribution < 1.29 is 4.52 Å². The summed E-state index contributed by atoms with van der Waals surface area (Å²) in [6.45, 7) is 11.4. The molecule has 4 heteroatoms. The Kier molecular flexibility index (Phi) is 3.95. The number of nitrogens with two attached hydrogens (primary N) is 1. The zero-order chi connectivity index (χ0) is 14.9. The maximum Gasteiger partial charge on any atom is 0.228 e. The van der Waals surface area contributed by atoms with Gasteiger partial charge in [0.15, 0.2) is 0 Å². The van der Waals surface area contributed by atoms with Crippen LogP contribution in [0.1, 0.15) is 43.4 Å². The number of rotatable bonds is 3. The summed E-state index contributed by atoms with van der Waals surface area (Å²) in [5, 5.41) is 4.08. The summed E-state index contributed by atoms with van der Waals surface area (Å²) in [4.78, 5) is 4.43. The Morgan fingerprint density at radius 3 is 2.25 bits per heavy atom. The molecule has 0 amide bonds. The van der Waals surface area contributed by atoms with Gasteiger partial charge in [0.05, 0.1) is 0 Å². The highest BCUT2D eigenvalue weighted by molar-refractivity contribution is 5.65. The van der Waals surface area contributed by atoms with Gasteiger partial charge in [-0.2, -0.15) is 4.98 Å². The van der Waals surface area contributed by atoms with E-state index in [9.17, 15) is 0 Å². The molecule has 0 fully saturated rings. The van der Waals surface area contributed by atoms with E-state index in [-0.39, 0.29) is 5.41 Å². The third-order valence-corrected chi connectivity index (χ3v) is 3.45. The van der Waals surface area contributed by atoms with E-state index >= 15 is 0 Å². The van der Waals surface area contributed by atoms with Gasteiger partial charge in [-0.15, -0.1) is 0 Å². The standard InChI is InChI=1S/C16H23N3O/c1-10-8-12(16(3,4)5)9-11(2)14(10)15-18-13(6-7-17)20-19-15/h8-9H,6-7,17H2,1-5H3. The smallest absolute Gasteiger partial charge is 0.228 e. The molecule has 0 radical (unpaired) electrons. The SMILES string of the molecule is Cc1cc(C(C)(C)C)cc(C)c1-c1noc(CCN)n1. The van der Waals surface area contributed by atoms with Gasteiger partial charge in [0, 0.05) is 18.5 Å². The third kappa shape index (κ3) is 2.90. The van der Waals surface area contributed by atoms with Crippen LogP contribution in [0.15, 0.2) is 16.7 Å². The van der Waals surface area contributed by atoms with Crippen LogP contribution >= 0.6 is 0 Å². The Labute approximate surface area is 120 Å².